The van der Waals surface area contributed by atoms with Gasteiger partial charge in [0.15, 0.2) is 0 Å². The second-order valence-corrected chi connectivity index (χ2v) is 4.89. The molecule has 0 fully saturated rings. The van der Waals surface area contributed by atoms with Crippen molar-refractivity contribution >= 4 is 27.5 Å². The number of carbonyl (C=O) groups is 1. The van der Waals surface area contributed by atoms with Crippen LogP contribution in [-0.4, -0.2) is 11.1 Å². The lowest BCUT2D eigenvalue weighted by atomic mass is 9.84. The molecule has 0 bridgehead atoms. The molecule has 1 aromatic rings. The first kappa shape index (κ1) is 11.4. The first-order valence-corrected chi connectivity index (χ1v) is 6.11. The molecule has 1 unspecified atom stereocenters. The lowest BCUT2D eigenvalue weighted by molar-refractivity contribution is -0.139. The van der Waals surface area contributed by atoms with Gasteiger partial charge in [-0.15, -0.1) is 0 Å². The summed E-state index contributed by atoms with van der Waals surface area (Å²) in [5, 5.41) is 9.09. The molecule has 16 heavy (non-hydrogen) atoms. The van der Waals surface area contributed by atoms with E-state index in [4.69, 9.17) is 5.11 Å². The predicted octanol–water partition coefficient (Wildman–Crippen LogP) is 3.50. The molecule has 2 rings (SSSR count). The van der Waals surface area contributed by atoms with Gasteiger partial charge in [-0.3, -0.25) is 4.79 Å². The number of aliphatic carboxylic acids is 1. The van der Waals surface area contributed by atoms with E-state index in [1.54, 1.807) is 6.92 Å². The van der Waals surface area contributed by atoms with Crippen LogP contribution in [0.4, 0.5) is 0 Å². The Bertz CT molecular complexity index is 463. The molecule has 1 aliphatic carbocycles. The van der Waals surface area contributed by atoms with E-state index in [-0.39, 0.29) is 0 Å². The Balaban J connectivity index is 2.51. The summed E-state index contributed by atoms with van der Waals surface area (Å²) in [4.78, 5) is 11.1. The van der Waals surface area contributed by atoms with Gasteiger partial charge in [-0.1, -0.05) is 34.1 Å². The van der Waals surface area contributed by atoms with Crippen molar-refractivity contribution in [3.63, 3.8) is 0 Å². The molecule has 0 aliphatic heterocycles. The minimum Gasteiger partial charge on any atom is -0.481 e. The number of fused-ring (bicyclic) bond motifs is 1. The third-order valence-electron chi connectivity index (χ3n) is 3.00. The molecule has 1 aliphatic rings. The molecule has 84 valence electrons. The number of carboxylic acids is 1. The number of aryl methyl sites for hydroxylation is 1. The van der Waals surface area contributed by atoms with Crippen LogP contribution in [0, 0.1) is 5.92 Å². The summed E-state index contributed by atoms with van der Waals surface area (Å²) in [5.41, 5.74) is 3.24. The number of rotatable bonds is 2. The highest BCUT2D eigenvalue weighted by Gasteiger charge is 2.23. The number of allylic oxidation sites excluding steroid dienone is 1. The standard InChI is InChI=1S/C13H13BrO2/c1-8(13(15)16)10-6-2-4-9-5-3-7-11(14)12(9)10/h3,5-8H,2,4H2,1H3,(H,15,16). The van der Waals surface area contributed by atoms with Crippen LogP contribution in [0.5, 0.6) is 0 Å². The first-order valence-electron chi connectivity index (χ1n) is 5.32. The van der Waals surface area contributed by atoms with Crippen molar-refractivity contribution in [3.8, 4) is 0 Å². The van der Waals surface area contributed by atoms with E-state index in [9.17, 15) is 4.79 Å². The largest absolute Gasteiger partial charge is 0.481 e. The molecular formula is C13H13BrO2. The summed E-state index contributed by atoms with van der Waals surface area (Å²) < 4.78 is 0.990. The lowest BCUT2D eigenvalue weighted by Crippen LogP contribution is -2.15. The van der Waals surface area contributed by atoms with E-state index >= 15 is 0 Å². The van der Waals surface area contributed by atoms with E-state index in [0.717, 1.165) is 28.5 Å². The second kappa shape index (κ2) is 4.42. The maximum absolute atomic E-state index is 11.1. The van der Waals surface area contributed by atoms with Crippen molar-refractivity contribution in [2.24, 2.45) is 5.92 Å². The summed E-state index contributed by atoms with van der Waals surface area (Å²) in [6.07, 6.45) is 3.97. The van der Waals surface area contributed by atoms with Crippen molar-refractivity contribution in [1.82, 2.24) is 0 Å². The molecule has 0 radical (unpaired) electrons. The zero-order chi connectivity index (χ0) is 11.7. The average Bonchev–Trinajstić information content (AvgIpc) is 2.27. The number of hydrogen-bond acceptors (Lipinski definition) is 1. The first-order chi connectivity index (χ1) is 7.61. The lowest BCUT2D eigenvalue weighted by Gasteiger charge is -2.21. The normalized spacial score (nSPS) is 16.2. The van der Waals surface area contributed by atoms with E-state index in [1.807, 2.05) is 18.2 Å². The molecule has 3 heteroatoms. The van der Waals surface area contributed by atoms with Crippen LogP contribution in [0.1, 0.15) is 24.5 Å². The van der Waals surface area contributed by atoms with E-state index < -0.39 is 11.9 Å². The van der Waals surface area contributed by atoms with Gasteiger partial charge in [-0.05, 0) is 42.5 Å². The minimum atomic E-state index is -0.769. The van der Waals surface area contributed by atoms with Crippen molar-refractivity contribution in [2.75, 3.05) is 0 Å². The summed E-state index contributed by atoms with van der Waals surface area (Å²) in [5.74, 6) is -1.22. The smallest absolute Gasteiger partial charge is 0.310 e. The summed E-state index contributed by atoms with van der Waals surface area (Å²) in [6.45, 7) is 1.74. The minimum absolute atomic E-state index is 0.447. The molecular weight excluding hydrogens is 268 g/mol. The van der Waals surface area contributed by atoms with Crippen molar-refractivity contribution in [2.45, 2.75) is 19.8 Å². The highest BCUT2D eigenvalue weighted by Crippen LogP contribution is 2.36. The summed E-state index contributed by atoms with van der Waals surface area (Å²) in [7, 11) is 0. The zero-order valence-corrected chi connectivity index (χ0v) is 10.6. The van der Waals surface area contributed by atoms with Crippen LogP contribution in [0.3, 0.4) is 0 Å². The number of benzene rings is 1. The Hall–Kier alpha value is -1.09. The van der Waals surface area contributed by atoms with Gasteiger partial charge in [-0.25, -0.2) is 0 Å². The molecule has 0 amide bonds. The predicted molar refractivity (Wildman–Crippen MR) is 67.2 cm³/mol. The topological polar surface area (TPSA) is 37.3 Å². The van der Waals surface area contributed by atoms with Crippen molar-refractivity contribution in [3.05, 3.63) is 39.9 Å². The number of carboxylic acid groups (broad SMARTS) is 1. The van der Waals surface area contributed by atoms with Gasteiger partial charge in [0.1, 0.15) is 0 Å². The molecule has 0 aromatic heterocycles. The fraction of sp³-hybridized carbons (Fsp3) is 0.308. The summed E-state index contributed by atoms with van der Waals surface area (Å²) >= 11 is 3.51. The Kier molecular flexibility index (Phi) is 3.15. The highest BCUT2D eigenvalue weighted by molar-refractivity contribution is 9.10. The number of hydrogen-bond donors (Lipinski definition) is 1. The van der Waals surface area contributed by atoms with Gasteiger partial charge in [0.25, 0.3) is 0 Å². The third-order valence-corrected chi connectivity index (χ3v) is 3.66. The van der Waals surface area contributed by atoms with Crippen molar-refractivity contribution < 1.29 is 9.90 Å². The van der Waals surface area contributed by atoms with Crippen LogP contribution in [0.2, 0.25) is 0 Å². The quantitative estimate of drug-likeness (QED) is 0.900. The molecule has 1 N–H and O–H groups in total. The molecule has 0 saturated carbocycles. The average molecular weight is 281 g/mol. The number of halogens is 1. The SMILES string of the molecule is CC(C(=O)O)C1=CCCc2cccc(Br)c21. The Morgan fingerprint density at radius 2 is 2.25 bits per heavy atom. The Morgan fingerprint density at radius 1 is 1.50 bits per heavy atom. The maximum Gasteiger partial charge on any atom is 0.310 e. The molecule has 0 heterocycles. The van der Waals surface area contributed by atoms with E-state index in [0.29, 0.717) is 0 Å². The summed E-state index contributed by atoms with van der Waals surface area (Å²) in [6, 6.07) is 6.03. The molecule has 1 aromatic carbocycles. The van der Waals surface area contributed by atoms with Crippen LogP contribution >= 0.6 is 15.9 Å². The van der Waals surface area contributed by atoms with Gasteiger partial charge in [-0.2, -0.15) is 0 Å². The fourth-order valence-electron chi connectivity index (χ4n) is 2.11. The monoisotopic (exact) mass is 280 g/mol. The third kappa shape index (κ3) is 1.92. The molecule has 0 spiro atoms. The zero-order valence-electron chi connectivity index (χ0n) is 9.03. The second-order valence-electron chi connectivity index (χ2n) is 4.03. The molecule has 1 atom stereocenters. The van der Waals surface area contributed by atoms with Gasteiger partial charge < -0.3 is 5.11 Å². The van der Waals surface area contributed by atoms with Gasteiger partial charge >= 0.3 is 5.97 Å². The highest BCUT2D eigenvalue weighted by atomic mass is 79.9. The van der Waals surface area contributed by atoms with Crippen LogP contribution in [-0.2, 0) is 11.2 Å². The van der Waals surface area contributed by atoms with Gasteiger partial charge in [0, 0.05) is 4.47 Å². The van der Waals surface area contributed by atoms with E-state index in [2.05, 4.69) is 22.0 Å². The van der Waals surface area contributed by atoms with Crippen LogP contribution < -0.4 is 0 Å². The molecule has 2 nitrogen and oxygen atoms in total. The van der Waals surface area contributed by atoms with E-state index in [1.165, 1.54) is 5.56 Å². The van der Waals surface area contributed by atoms with Gasteiger partial charge in [0.05, 0.1) is 5.92 Å². The van der Waals surface area contributed by atoms with Crippen LogP contribution in [0.25, 0.3) is 5.57 Å². The van der Waals surface area contributed by atoms with Gasteiger partial charge in [0.2, 0.25) is 0 Å². The van der Waals surface area contributed by atoms with Crippen LogP contribution in [0.15, 0.2) is 28.7 Å². The maximum atomic E-state index is 11.1. The Morgan fingerprint density at radius 3 is 2.94 bits per heavy atom. The molecule has 0 saturated heterocycles. The van der Waals surface area contributed by atoms with Crippen molar-refractivity contribution in [1.29, 1.82) is 0 Å². The Labute approximate surface area is 103 Å². The fourth-order valence-corrected chi connectivity index (χ4v) is 2.75.